The SMILES string of the molecule is CCn1cc(CC(=O)CC2CC3CCC(C2)N3)cn1. The van der Waals surface area contributed by atoms with E-state index < -0.39 is 0 Å². The van der Waals surface area contributed by atoms with E-state index in [1.807, 2.05) is 17.1 Å². The Morgan fingerprint density at radius 2 is 2.16 bits per heavy atom. The van der Waals surface area contributed by atoms with E-state index in [0.29, 0.717) is 30.2 Å². The van der Waals surface area contributed by atoms with E-state index in [9.17, 15) is 4.79 Å². The first-order chi connectivity index (χ1) is 9.22. The van der Waals surface area contributed by atoms with Gasteiger partial charge in [0.2, 0.25) is 0 Å². The van der Waals surface area contributed by atoms with Crippen LogP contribution in [-0.4, -0.2) is 27.6 Å². The van der Waals surface area contributed by atoms with Crippen molar-refractivity contribution in [3.63, 3.8) is 0 Å². The molecule has 2 atom stereocenters. The van der Waals surface area contributed by atoms with Crippen molar-refractivity contribution in [3.8, 4) is 0 Å². The van der Waals surface area contributed by atoms with Crippen LogP contribution in [0.15, 0.2) is 12.4 Å². The molecular weight excluding hydrogens is 238 g/mol. The number of aromatic nitrogens is 2. The minimum absolute atomic E-state index is 0.377. The molecule has 0 radical (unpaired) electrons. The fourth-order valence-corrected chi connectivity index (χ4v) is 3.63. The van der Waals surface area contributed by atoms with Crippen LogP contribution in [0.1, 0.15) is 44.6 Å². The first-order valence-electron chi connectivity index (χ1n) is 7.52. The van der Waals surface area contributed by atoms with E-state index in [4.69, 9.17) is 0 Å². The van der Waals surface area contributed by atoms with Gasteiger partial charge in [0.15, 0.2) is 0 Å². The molecule has 4 heteroatoms. The Morgan fingerprint density at radius 1 is 1.42 bits per heavy atom. The summed E-state index contributed by atoms with van der Waals surface area (Å²) in [6.45, 7) is 2.93. The number of piperidine rings is 1. The van der Waals surface area contributed by atoms with Gasteiger partial charge < -0.3 is 5.32 Å². The van der Waals surface area contributed by atoms with E-state index in [2.05, 4.69) is 17.3 Å². The topological polar surface area (TPSA) is 46.9 Å². The molecule has 1 aromatic heterocycles. The lowest BCUT2D eigenvalue weighted by atomic mass is 9.87. The average molecular weight is 261 g/mol. The molecule has 2 aliphatic rings. The number of carbonyl (C=O) groups excluding carboxylic acids is 1. The maximum Gasteiger partial charge on any atom is 0.137 e. The minimum Gasteiger partial charge on any atom is -0.311 e. The lowest BCUT2D eigenvalue weighted by Gasteiger charge is -2.28. The van der Waals surface area contributed by atoms with Crippen LogP contribution in [0.2, 0.25) is 0 Å². The number of ketones is 1. The van der Waals surface area contributed by atoms with E-state index in [-0.39, 0.29) is 0 Å². The minimum atomic E-state index is 0.377. The summed E-state index contributed by atoms with van der Waals surface area (Å²) >= 11 is 0. The van der Waals surface area contributed by atoms with Crippen molar-refractivity contribution in [2.75, 3.05) is 0 Å². The number of fused-ring (bicyclic) bond motifs is 2. The smallest absolute Gasteiger partial charge is 0.137 e. The van der Waals surface area contributed by atoms with Crippen molar-refractivity contribution >= 4 is 5.78 Å². The highest BCUT2D eigenvalue weighted by atomic mass is 16.1. The third-order valence-electron chi connectivity index (χ3n) is 4.50. The highest BCUT2D eigenvalue weighted by Gasteiger charge is 2.33. The van der Waals surface area contributed by atoms with Crippen LogP contribution in [0.3, 0.4) is 0 Å². The quantitative estimate of drug-likeness (QED) is 0.881. The maximum atomic E-state index is 12.2. The van der Waals surface area contributed by atoms with Crippen LogP contribution >= 0.6 is 0 Å². The van der Waals surface area contributed by atoms with Gasteiger partial charge in [-0.05, 0) is 44.1 Å². The highest BCUT2D eigenvalue weighted by Crippen LogP contribution is 2.32. The largest absolute Gasteiger partial charge is 0.311 e. The van der Waals surface area contributed by atoms with E-state index in [0.717, 1.165) is 18.5 Å². The molecule has 1 N–H and O–H groups in total. The van der Waals surface area contributed by atoms with Gasteiger partial charge in [0.05, 0.1) is 6.20 Å². The van der Waals surface area contributed by atoms with Gasteiger partial charge in [-0.2, -0.15) is 5.10 Å². The summed E-state index contributed by atoms with van der Waals surface area (Å²) in [7, 11) is 0. The molecule has 0 aliphatic carbocycles. The van der Waals surface area contributed by atoms with Crippen molar-refractivity contribution in [2.45, 2.75) is 64.1 Å². The van der Waals surface area contributed by atoms with Crippen molar-refractivity contribution in [1.29, 1.82) is 0 Å². The Morgan fingerprint density at radius 3 is 2.79 bits per heavy atom. The number of nitrogens with one attached hydrogen (secondary N) is 1. The molecule has 3 heterocycles. The normalized spacial score (nSPS) is 29.6. The zero-order chi connectivity index (χ0) is 13.2. The first-order valence-corrected chi connectivity index (χ1v) is 7.52. The molecular formula is C15H23N3O. The standard InChI is InChI=1S/C15H23N3O/c1-2-18-10-12(9-16-18)8-15(19)7-11-5-13-3-4-14(6-11)17-13/h9-11,13-14,17H,2-8H2,1H3. The molecule has 2 saturated heterocycles. The number of hydrogen-bond acceptors (Lipinski definition) is 3. The number of hydrogen-bond donors (Lipinski definition) is 1. The lowest BCUT2D eigenvalue weighted by Crippen LogP contribution is -2.38. The van der Waals surface area contributed by atoms with Crippen LogP contribution in [0.4, 0.5) is 0 Å². The number of rotatable bonds is 5. The summed E-state index contributed by atoms with van der Waals surface area (Å²) in [6, 6.07) is 1.36. The number of nitrogens with zero attached hydrogens (tertiary/aromatic N) is 2. The van der Waals surface area contributed by atoms with Gasteiger partial charge >= 0.3 is 0 Å². The summed E-state index contributed by atoms with van der Waals surface area (Å²) in [5.41, 5.74) is 1.06. The molecule has 4 nitrogen and oxygen atoms in total. The van der Waals surface area contributed by atoms with Gasteiger partial charge in [-0.15, -0.1) is 0 Å². The highest BCUT2D eigenvalue weighted by molar-refractivity contribution is 5.81. The summed E-state index contributed by atoms with van der Waals surface area (Å²) in [5, 5.41) is 7.85. The van der Waals surface area contributed by atoms with Gasteiger partial charge in [0, 0.05) is 37.7 Å². The number of aryl methyl sites for hydroxylation is 1. The van der Waals surface area contributed by atoms with Gasteiger partial charge in [-0.25, -0.2) is 0 Å². The molecule has 104 valence electrons. The Hall–Kier alpha value is -1.16. The lowest BCUT2D eigenvalue weighted by molar-refractivity contribution is -0.119. The number of Topliss-reactive ketones (excluding diaryl/α,β-unsaturated/α-hetero) is 1. The molecule has 0 aromatic carbocycles. The second kappa shape index (κ2) is 5.45. The predicted molar refractivity (Wildman–Crippen MR) is 73.9 cm³/mol. The molecule has 2 unspecified atom stereocenters. The van der Waals surface area contributed by atoms with Crippen molar-refractivity contribution in [1.82, 2.24) is 15.1 Å². The summed E-state index contributed by atoms with van der Waals surface area (Å²) in [5.74, 6) is 0.981. The van der Waals surface area contributed by atoms with Crippen molar-refractivity contribution in [3.05, 3.63) is 18.0 Å². The van der Waals surface area contributed by atoms with Gasteiger partial charge in [0.1, 0.15) is 5.78 Å². The van der Waals surface area contributed by atoms with Gasteiger partial charge in [-0.1, -0.05) is 0 Å². The second-order valence-corrected chi connectivity index (χ2v) is 6.10. The fraction of sp³-hybridized carbons (Fsp3) is 0.733. The van der Waals surface area contributed by atoms with Gasteiger partial charge in [-0.3, -0.25) is 9.48 Å². The molecule has 3 rings (SSSR count). The molecule has 2 fully saturated rings. The fourth-order valence-electron chi connectivity index (χ4n) is 3.63. The summed E-state index contributed by atoms with van der Waals surface area (Å²) < 4.78 is 1.88. The van der Waals surface area contributed by atoms with E-state index in [1.54, 1.807) is 0 Å². The molecule has 0 spiro atoms. The zero-order valence-corrected chi connectivity index (χ0v) is 11.6. The van der Waals surface area contributed by atoms with Crippen LogP contribution in [-0.2, 0) is 17.8 Å². The zero-order valence-electron chi connectivity index (χ0n) is 11.6. The van der Waals surface area contributed by atoms with Crippen LogP contribution in [0, 0.1) is 5.92 Å². The molecule has 2 aliphatic heterocycles. The number of carbonyl (C=O) groups is 1. The van der Waals surface area contributed by atoms with Crippen LogP contribution < -0.4 is 5.32 Å². The van der Waals surface area contributed by atoms with E-state index in [1.165, 1.54) is 25.7 Å². The Labute approximate surface area is 114 Å². The molecule has 0 saturated carbocycles. The predicted octanol–water partition coefficient (Wildman–Crippen LogP) is 1.94. The Bertz CT molecular complexity index is 442. The van der Waals surface area contributed by atoms with Crippen molar-refractivity contribution < 1.29 is 4.79 Å². The monoisotopic (exact) mass is 261 g/mol. The maximum absolute atomic E-state index is 12.2. The van der Waals surface area contributed by atoms with Gasteiger partial charge in [0.25, 0.3) is 0 Å². The summed E-state index contributed by atoms with van der Waals surface area (Å²) in [4.78, 5) is 12.2. The average Bonchev–Trinajstić information content (AvgIpc) is 2.96. The van der Waals surface area contributed by atoms with Crippen LogP contribution in [0.5, 0.6) is 0 Å². The molecule has 0 amide bonds. The Balaban J connectivity index is 1.51. The Kier molecular flexibility index (Phi) is 3.69. The summed E-state index contributed by atoms with van der Waals surface area (Å²) in [6.07, 6.45) is 10.1. The molecule has 2 bridgehead atoms. The third kappa shape index (κ3) is 3.06. The van der Waals surface area contributed by atoms with E-state index >= 15 is 0 Å². The van der Waals surface area contributed by atoms with Crippen molar-refractivity contribution in [2.24, 2.45) is 5.92 Å². The van der Waals surface area contributed by atoms with Crippen LogP contribution in [0.25, 0.3) is 0 Å². The third-order valence-corrected chi connectivity index (χ3v) is 4.50. The first kappa shape index (κ1) is 12.9. The molecule has 19 heavy (non-hydrogen) atoms. The second-order valence-electron chi connectivity index (χ2n) is 6.10. The molecule has 1 aromatic rings.